The standard InChI is InChI=1S/C22H22O8/c1-5-28-22(24)20-18(19-16(26-3)6-11(25-2)7-17(19)27-4)12-8-14-15(30-10-29-14)9-13(12)21(20)23/h6-9,18,20H,5,10H2,1-4H3/t18-,20-/m1/s1. The monoisotopic (exact) mass is 414 g/mol. The third-order valence-corrected chi connectivity index (χ3v) is 5.37. The third kappa shape index (κ3) is 2.99. The van der Waals surface area contributed by atoms with Crippen molar-refractivity contribution in [1.82, 2.24) is 0 Å². The highest BCUT2D eigenvalue weighted by Gasteiger charge is 2.49. The van der Waals surface area contributed by atoms with Gasteiger partial charge in [-0.15, -0.1) is 0 Å². The number of benzene rings is 2. The van der Waals surface area contributed by atoms with Gasteiger partial charge in [-0.3, -0.25) is 9.59 Å². The van der Waals surface area contributed by atoms with Gasteiger partial charge in [0.15, 0.2) is 17.3 Å². The van der Waals surface area contributed by atoms with Gasteiger partial charge in [0.2, 0.25) is 6.79 Å². The molecule has 1 aliphatic carbocycles. The van der Waals surface area contributed by atoms with Crippen LogP contribution in [0, 0.1) is 5.92 Å². The van der Waals surface area contributed by atoms with Gasteiger partial charge in [-0.1, -0.05) is 0 Å². The number of ether oxygens (including phenoxy) is 6. The van der Waals surface area contributed by atoms with E-state index >= 15 is 0 Å². The van der Waals surface area contributed by atoms with Crippen LogP contribution in [-0.2, 0) is 9.53 Å². The van der Waals surface area contributed by atoms with Gasteiger partial charge in [0.25, 0.3) is 0 Å². The number of hydrogen-bond donors (Lipinski definition) is 0. The average Bonchev–Trinajstić information content (AvgIpc) is 3.33. The fourth-order valence-corrected chi connectivity index (χ4v) is 4.06. The summed E-state index contributed by atoms with van der Waals surface area (Å²) in [4.78, 5) is 26.2. The summed E-state index contributed by atoms with van der Waals surface area (Å²) in [5.74, 6) is -0.336. The second-order valence-corrected chi connectivity index (χ2v) is 6.81. The molecule has 0 amide bonds. The summed E-state index contributed by atoms with van der Waals surface area (Å²) in [6.45, 7) is 1.93. The Labute approximate surface area is 173 Å². The summed E-state index contributed by atoms with van der Waals surface area (Å²) in [6, 6.07) is 6.74. The Kier molecular flexibility index (Phi) is 5.15. The molecular weight excluding hydrogens is 392 g/mol. The van der Waals surface area contributed by atoms with E-state index in [1.54, 1.807) is 31.2 Å². The SMILES string of the molecule is CCOC(=O)[C@H]1C(=O)c2cc3c(cc2[C@@H]1c1c(OC)cc(OC)cc1OC)OCO3. The molecule has 8 nitrogen and oxygen atoms in total. The Morgan fingerprint density at radius 2 is 1.63 bits per heavy atom. The summed E-state index contributed by atoms with van der Waals surface area (Å²) >= 11 is 0. The number of carbonyl (C=O) groups excluding carboxylic acids is 2. The Morgan fingerprint density at radius 3 is 2.20 bits per heavy atom. The summed E-state index contributed by atoms with van der Waals surface area (Å²) in [5, 5.41) is 0. The van der Waals surface area contributed by atoms with Gasteiger partial charge in [0.05, 0.1) is 27.9 Å². The van der Waals surface area contributed by atoms with E-state index in [1.165, 1.54) is 21.3 Å². The molecule has 0 fully saturated rings. The minimum atomic E-state index is -1.08. The van der Waals surface area contributed by atoms with Crippen LogP contribution in [0.15, 0.2) is 24.3 Å². The van der Waals surface area contributed by atoms with Crippen molar-refractivity contribution in [1.29, 1.82) is 0 Å². The predicted octanol–water partition coefficient (Wildman–Crippen LogP) is 2.95. The average molecular weight is 414 g/mol. The molecule has 0 unspecified atom stereocenters. The molecular formula is C22H22O8. The summed E-state index contributed by atoms with van der Waals surface area (Å²) in [5.41, 5.74) is 1.58. The second kappa shape index (κ2) is 7.78. The zero-order chi connectivity index (χ0) is 21.4. The molecule has 0 radical (unpaired) electrons. The van der Waals surface area contributed by atoms with Gasteiger partial charge >= 0.3 is 5.97 Å². The van der Waals surface area contributed by atoms with E-state index in [0.717, 1.165) is 0 Å². The molecule has 0 N–H and O–H groups in total. The van der Waals surface area contributed by atoms with E-state index in [1.807, 2.05) is 0 Å². The van der Waals surface area contributed by atoms with Crippen LogP contribution >= 0.6 is 0 Å². The van der Waals surface area contributed by atoms with Crippen molar-refractivity contribution in [2.75, 3.05) is 34.7 Å². The van der Waals surface area contributed by atoms with Crippen LogP contribution in [0.2, 0.25) is 0 Å². The molecule has 0 aromatic heterocycles. The molecule has 2 aromatic carbocycles. The maximum Gasteiger partial charge on any atom is 0.317 e. The van der Waals surface area contributed by atoms with Crippen LogP contribution < -0.4 is 23.7 Å². The lowest BCUT2D eigenvalue weighted by Crippen LogP contribution is -2.27. The van der Waals surface area contributed by atoms with Gasteiger partial charge < -0.3 is 28.4 Å². The van der Waals surface area contributed by atoms with Crippen molar-refractivity contribution in [3.8, 4) is 28.7 Å². The lowest BCUT2D eigenvalue weighted by atomic mass is 9.84. The number of hydrogen-bond acceptors (Lipinski definition) is 8. The molecule has 0 bridgehead atoms. The number of Topliss-reactive ketones (excluding diaryl/α,β-unsaturated/α-hetero) is 1. The maximum absolute atomic E-state index is 13.3. The molecule has 0 saturated heterocycles. The molecule has 30 heavy (non-hydrogen) atoms. The normalized spacial score (nSPS) is 18.7. The lowest BCUT2D eigenvalue weighted by molar-refractivity contribution is -0.146. The maximum atomic E-state index is 13.3. The second-order valence-electron chi connectivity index (χ2n) is 6.81. The van der Waals surface area contributed by atoms with Gasteiger partial charge in [0, 0.05) is 29.2 Å². The summed E-state index contributed by atoms with van der Waals surface area (Å²) in [6.07, 6.45) is 0. The zero-order valence-electron chi connectivity index (χ0n) is 17.1. The summed E-state index contributed by atoms with van der Waals surface area (Å²) in [7, 11) is 4.55. The highest BCUT2D eigenvalue weighted by atomic mass is 16.7. The number of rotatable bonds is 6. The Hall–Kier alpha value is -3.42. The topological polar surface area (TPSA) is 89.5 Å². The smallest absolute Gasteiger partial charge is 0.317 e. The highest BCUT2D eigenvalue weighted by molar-refractivity contribution is 6.14. The Morgan fingerprint density at radius 1 is 1.00 bits per heavy atom. The van der Waals surface area contributed by atoms with Crippen molar-refractivity contribution in [3.63, 3.8) is 0 Å². The molecule has 1 heterocycles. The molecule has 4 rings (SSSR count). The van der Waals surface area contributed by atoms with Gasteiger partial charge in [-0.05, 0) is 24.6 Å². The Balaban J connectivity index is 1.97. The fraction of sp³-hybridized carbons (Fsp3) is 0.364. The van der Waals surface area contributed by atoms with Crippen molar-refractivity contribution in [2.45, 2.75) is 12.8 Å². The largest absolute Gasteiger partial charge is 0.496 e. The van der Waals surface area contributed by atoms with Gasteiger partial charge in [0.1, 0.15) is 23.2 Å². The fourth-order valence-electron chi connectivity index (χ4n) is 4.06. The van der Waals surface area contributed by atoms with Crippen LogP contribution in [0.4, 0.5) is 0 Å². The Bertz CT molecular complexity index is 987. The van der Waals surface area contributed by atoms with Crippen molar-refractivity contribution >= 4 is 11.8 Å². The quantitative estimate of drug-likeness (QED) is 0.527. The van der Waals surface area contributed by atoms with Crippen LogP contribution in [0.1, 0.15) is 34.3 Å². The number of fused-ring (bicyclic) bond motifs is 2. The first-order valence-corrected chi connectivity index (χ1v) is 9.48. The van der Waals surface area contributed by atoms with Crippen molar-refractivity contribution in [2.24, 2.45) is 5.92 Å². The zero-order valence-corrected chi connectivity index (χ0v) is 17.1. The van der Waals surface area contributed by atoms with Crippen molar-refractivity contribution in [3.05, 3.63) is 41.0 Å². The van der Waals surface area contributed by atoms with Gasteiger partial charge in [-0.2, -0.15) is 0 Å². The number of ketones is 1. The molecule has 1 aliphatic heterocycles. The van der Waals surface area contributed by atoms with Gasteiger partial charge in [-0.25, -0.2) is 0 Å². The van der Waals surface area contributed by atoms with E-state index in [-0.39, 0.29) is 19.2 Å². The highest BCUT2D eigenvalue weighted by Crippen LogP contribution is 2.53. The van der Waals surface area contributed by atoms with Crippen LogP contribution in [0.5, 0.6) is 28.7 Å². The van der Waals surface area contributed by atoms with Crippen LogP contribution in [-0.4, -0.2) is 46.5 Å². The van der Waals surface area contributed by atoms with Crippen LogP contribution in [0.3, 0.4) is 0 Å². The molecule has 158 valence electrons. The number of esters is 1. The molecule has 0 spiro atoms. The van der Waals surface area contributed by atoms with E-state index in [2.05, 4.69) is 0 Å². The molecule has 2 aromatic rings. The van der Waals surface area contributed by atoms with Crippen LogP contribution in [0.25, 0.3) is 0 Å². The molecule has 2 atom stereocenters. The van der Waals surface area contributed by atoms with E-state index < -0.39 is 17.8 Å². The number of carbonyl (C=O) groups is 2. The number of methoxy groups -OCH3 is 3. The van der Waals surface area contributed by atoms with E-state index in [9.17, 15) is 9.59 Å². The lowest BCUT2D eigenvalue weighted by Gasteiger charge is -2.23. The molecule has 2 aliphatic rings. The first-order valence-electron chi connectivity index (χ1n) is 9.48. The first kappa shape index (κ1) is 19.9. The van der Waals surface area contributed by atoms with E-state index in [4.69, 9.17) is 28.4 Å². The minimum Gasteiger partial charge on any atom is -0.496 e. The molecule has 8 heteroatoms. The predicted molar refractivity (Wildman–Crippen MR) is 105 cm³/mol. The van der Waals surface area contributed by atoms with E-state index in [0.29, 0.717) is 45.4 Å². The minimum absolute atomic E-state index is 0.0770. The third-order valence-electron chi connectivity index (χ3n) is 5.37. The van der Waals surface area contributed by atoms with Crippen molar-refractivity contribution < 1.29 is 38.0 Å². The molecule has 0 saturated carbocycles. The first-order chi connectivity index (χ1) is 14.5. The summed E-state index contributed by atoms with van der Waals surface area (Å²) < 4.78 is 32.7.